The first-order chi connectivity index (χ1) is 11.4. The summed E-state index contributed by atoms with van der Waals surface area (Å²) in [5.41, 5.74) is 5.61. The molecule has 2 aromatic carbocycles. The molecule has 0 saturated carbocycles. The first-order valence-corrected chi connectivity index (χ1v) is 8.45. The van der Waals surface area contributed by atoms with Crippen LogP contribution in [0.2, 0.25) is 0 Å². The van der Waals surface area contributed by atoms with E-state index < -0.39 is 0 Å². The average Bonchev–Trinajstić information content (AvgIpc) is 3.08. The van der Waals surface area contributed by atoms with Gasteiger partial charge in [-0.05, 0) is 35.2 Å². The van der Waals surface area contributed by atoms with Gasteiger partial charge in [-0.25, -0.2) is 0 Å². The van der Waals surface area contributed by atoms with Gasteiger partial charge in [-0.3, -0.25) is 4.90 Å². The normalized spacial score (nSPS) is 15.0. The standard InChI is InChI=1S/C20H23N3/c1-2-5-18-15-23(12-9-16(18)4-1)13-11-21-14-17-6-3-7-20-19(17)8-10-22-20/h1-8,10,21-22H,9,11-15H2. The Bertz CT molecular complexity index is 790. The van der Waals surface area contributed by atoms with Crippen molar-refractivity contribution in [1.82, 2.24) is 15.2 Å². The van der Waals surface area contributed by atoms with Crippen LogP contribution in [-0.4, -0.2) is 29.5 Å². The molecule has 118 valence electrons. The number of hydrogen-bond donors (Lipinski definition) is 2. The van der Waals surface area contributed by atoms with Crippen molar-refractivity contribution in [3.63, 3.8) is 0 Å². The summed E-state index contributed by atoms with van der Waals surface area (Å²) in [5.74, 6) is 0. The lowest BCUT2D eigenvalue weighted by molar-refractivity contribution is 0.254. The fourth-order valence-corrected chi connectivity index (χ4v) is 3.51. The number of H-pyrrole nitrogens is 1. The van der Waals surface area contributed by atoms with E-state index in [0.29, 0.717) is 0 Å². The number of nitrogens with zero attached hydrogens (tertiary/aromatic N) is 1. The molecule has 1 aliphatic heterocycles. The predicted octanol–water partition coefficient (Wildman–Crippen LogP) is 3.32. The van der Waals surface area contributed by atoms with Crippen molar-refractivity contribution in [2.45, 2.75) is 19.5 Å². The highest BCUT2D eigenvalue weighted by Crippen LogP contribution is 2.18. The van der Waals surface area contributed by atoms with Gasteiger partial charge in [-0.15, -0.1) is 0 Å². The zero-order valence-electron chi connectivity index (χ0n) is 13.4. The summed E-state index contributed by atoms with van der Waals surface area (Å²) < 4.78 is 0. The van der Waals surface area contributed by atoms with Crippen LogP contribution in [0.15, 0.2) is 54.7 Å². The van der Waals surface area contributed by atoms with Crippen LogP contribution in [0.4, 0.5) is 0 Å². The summed E-state index contributed by atoms with van der Waals surface area (Å²) >= 11 is 0. The van der Waals surface area contributed by atoms with Crippen LogP contribution in [0.25, 0.3) is 10.9 Å². The molecule has 0 amide bonds. The molecule has 0 aliphatic carbocycles. The lowest BCUT2D eigenvalue weighted by Gasteiger charge is -2.28. The molecule has 4 rings (SSSR count). The highest BCUT2D eigenvalue weighted by molar-refractivity contribution is 5.82. The summed E-state index contributed by atoms with van der Waals surface area (Å²) in [7, 11) is 0. The molecule has 0 saturated heterocycles. The van der Waals surface area contributed by atoms with E-state index >= 15 is 0 Å². The zero-order chi connectivity index (χ0) is 15.5. The Morgan fingerprint density at radius 1 is 1.00 bits per heavy atom. The Morgan fingerprint density at radius 3 is 2.87 bits per heavy atom. The molecular formula is C20H23N3. The summed E-state index contributed by atoms with van der Waals surface area (Å²) in [4.78, 5) is 5.82. The van der Waals surface area contributed by atoms with Crippen molar-refractivity contribution in [3.8, 4) is 0 Å². The van der Waals surface area contributed by atoms with E-state index in [1.165, 1.54) is 40.6 Å². The monoisotopic (exact) mass is 305 g/mol. The number of hydrogen-bond acceptors (Lipinski definition) is 2. The molecule has 1 aromatic heterocycles. The molecule has 3 nitrogen and oxygen atoms in total. The highest BCUT2D eigenvalue weighted by atomic mass is 15.1. The molecule has 2 N–H and O–H groups in total. The fourth-order valence-electron chi connectivity index (χ4n) is 3.51. The quantitative estimate of drug-likeness (QED) is 0.709. The van der Waals surface area contributed by atoms with Gasteiger partial charge < -0.3 is 10.3 Å². The van der Waals surface area contributed by atoms with Gasteiger partial charge in [0, 0.05) is 49.8 Å². The minimum atomic E-state index is 0.930. The number of aromatic nitrogens is 1. The number of rotatable bonds is 5. The number of aromatic amines is 1. The molecule has 0 fully saturated rings. The van der Waals surface area contributed by atoms with E-state index in [9.17, 15) is 0 Å². The smallest absolute Gasteiger partial charge is 0.0457 e. The molecule has 0 radical (unpaired) electrons. The summed E-state index contributed by atoms with van der Waals surface area (Å²) in [6, 6.07) is 17.5. The van der Waals surface area contributed by atoms with E-state index in [4.69, 9.17) is 0 Å². The lowest BCUT2D eigenvalue weighted by Crippen LogP contribution is -2.35. The maximum absolute atomic E-state index is 3.60. The van der Waals surface area contributed by atoms with Crippen LogP contribution in [0.5, 0.6) is 0 Å². The van der Waals surface area contributed by atoms with Gasteiger partial charge in [-0.2, -0.15) is 0 Å². The summed E-state index contributed by atoms with van der Waals surface area (Å²) in [6.45, 7) is 5.33. The van der Waals surface area contributed by atoms with E-state index in [-0.39, 0.29) is 0 Å². The van der Waals surface area contributed by atoms with E-state index in [2.05, 4.69) is 63.7 Å². The highest BCUT2D eigenvalue weighted by Gasteiger charge is 2.14. The molecule has 3 heteroatoms. The second-order valence-electron chi connectivity index (χ2n) is 6.33. The van der Waals surface area contributed by atoms with Crippen LogP contribution in [0, 0.1) is 0 Å². The van der Waals surface area contributed by atoms with Crippen molar-refractivity contribution >= 4 is 10.9 Å². The molecule has 0 unspecified atom stereocenters. The third kappa shape index (κ3) is 3.16. The average molecular weight is 305 g/mol. The van der Waals surface area contributed by atoms with E-state index in [1.54, 1.807) is 0 Å². The first kappa shape index (κ1) is 14.5. The third-order valence-electron chi connectivity index (χ3n) is 4.82. The van der Waals surface area contributed by atoms with Crippen molar-refractivity contribution < 1.29 is 0 Å². The minimum Gasteiger partial charge on any atom is -0.361 e. The van der Waals surface area contributed by atoms with Gasteiger partial charge in [0.05, 0.1) is 0 Å². The maximum atomic E-state index is 3.60. The van der Waals surface area contributed by atoms with Crippen LogP contribution in [0.1, 0.15) is 16.7 Å². The zero-order valence-corrected chi connectivity index (χ0v) is 13.4. The Kier molecular flexibility index (Phi) is 4.14. The molecule has 3 aromatic rings. The SMILES string of the molecule is c1ccc2c(c1)CCN(CCNCc1cccc3[nH]ccc13)C2. The Labute approximate surface area is 137 Å². The molecule has 23 heavy (non-hydrogen) atoms. The second kappa shape index (κ2) is 6.57. The summed E-state index contributed by atoms with van der Waals surface area (Å²) in [6.07, 6.45) is 3.19. The molecule has 0 atom stereocenters. The van der Waals surface area contributed by atoms with Crippen molar-refractivity contribution in [1.29, 1.82) is 0 Å². The minimum absolute atomic E-state index is 0.930. The van der Waals surface area contributed by atoms with Gasteiger partial charge in [0.2, 0.25) is 0 Å². The predicted molar refractivity (Wildman–Crippen MR) is 95.4 cm³/mol. The Morgan fingerprint density at radius 2 is 1.91 bits per heavy atom. The fraction of sp³-hybridized carbons (Fsp3) is 0.300. The van der Waals surface area contributed by atoms with E-state index in [0.717, 1.165) is 26.2 Å². The third-order valence-corrected chi connectivity index (χ3v) is 4.82. The molecular weight excluding hydrogens is 282 g/mol. The largest absolute Gasteiger partial charge is 0.361 e. The second-order valence-corrected chi connectivity index (χ2v) is 6.33. The molecule has 0 bridgehead atoms. The summed E-state index contributed by atoms with van der Waals surface area (Å²) in [5, 5.41) is 4.93. The van der Waals surface area contributed by atoms with Crippen molar-refractivity contribution in [2.24, 2.45) is 0 Å². The maximum Gasteiger partial charge on any atom is 0.0457 e. The molecule has 2 heterocycles. The number of nitrogens with one attached hydrogen (secondary N) is 2. The number of fused-ring (bicyclic) bond motifs is 2. The van der Waals surface area contributed by atoms with Crippen LogP contribution >= 0.6 is 0 Å². The van der Waals surface area contributed by atoms with Gasteiger partial charge >= 0.3 is 0 Å². The van der Waals surface area contributed by atoms with Gasteiger partial charge in [0.1, 0.15) is 0 Å². The first-order valence-electron chi connectivity index (χ1n) is 8.45. The van der Waals surface area contributed by atoms with Crippen LogP contribution in [0.3, 0.4) is 0 Å². The molecule has 1 aliphatic rings. The van der Waals surface area contributed by atoms with Crippen LogP contribution in [-0.2, 0) is 19.5 Å². The van der Waals surface area contributed by atoms with Crippen molar-refractivity contribution in [3.05, 3.63) is 71.4 Å². The van der Waals surface area contributed by atoms with Gasteiger partial charge in [0.15, 0.2) is 0 Å². The molecule has 0 spiro atoms. The van der Waals surface area contributed by atoms with Crippen molar-refractivity contribution in [2.75, 3.05) is 19.6 Å². The Hall–Kier alpha value is -2.10. The van der Waals surface area contributed by atoms with Gasteiger partial charge in [0.25, 0.3) is 0 Å². The topological polar surface area (TPSA) is 31.1 Å². The van der Waals surface area contributed by atoms with Gasteiger partial charge in [-0.1, -0.05) is 36.4 Å². The van der Waals surface area contributed by atoms with E-state index in [1.807, 2.05) is 6.20 Å². The Balaban J connectivity index is 1.29. The number of benzene rings is 2. The van der Waals surface area contributed by atoms with Crippen LogP contribution < -0.4 is 5.32 Å². The lowest BCUT2D eigenvalue weighted by atomic mass is 10.00.